The van der Waals surface area contributed by atoms with Crippen molar-refractivity contribution in [3.8, 4) is 0 Å². The maximum Gasteiger partial charge on any atom is 0.244 e. The Morgan fingerprint density at radius 2 is 1.92 bits per heavy atom. The van der Waals surface area contributed by atoms with Gasteiger partial charge >= 0.3 is 0 Å². The van der Waals surface area contributed by atoms with E-state index in [0.717, 1.165) is 38.4 Å². The van der Waals surface area contributed by atoms with Crippen LogP contribution in [-0.2, 0) is 11.3 Å². The molecule has 2 aromatic rings. The van der Waals surface area contributed by atoms with Crippen molar-refractivity contribution in [1.29, 1.82) is 0 Å². The van der Waals surface area contributed by atoms with Crippen LogP contribution >= 0.6 is 0 Å². The van der Waals surface area contributed by atoms with Gasteiger partial charge in [-0.3, -0.25) is 19.7 Å². The van der Waals surface area contributed by atoms with Gasteiger partial charge in [-0.2, -0.15) is 0 Å². The Hall–Kier alpha value is -2.54. The third kappa shape index (κ3) is 2.84. The van der Waals surface area contributed by atoms with E-state index in [0.29, 0.717) is 6.54 Å². The highest BCUT2D eigenvalue weighted by Gasteiger charge is 2.52. The van der Waals surface area contributed by atoms with Crippen LogP contribution in [0.1, 0.15) is 12.0 Å². The highest BCUT2D eigenvalue weighted by molar-refractivity contribution is 5.88. The van der Waals surface area contributed by atoms with Crippen LogP contribution in [0.4, 0.5) is 5.82 Å². The maximum absolute atomic E-state index is 13.1. The molecule has 0 saturated carbocycles. The molecule has 0 aliphatic carbocycles. The molecule has 1 unspecified atom stereocenters. The van der Waals surface area contributed by atoms with Crippen LogP contribution in [0, 0.1) is 0 Å². The summed E-state index contributed by atoms with van der Waals surface area (Å²) in [5.74, 6) is 1.04. The third-order valence-corrected chi connectivity index (χ3v) is 5.30. The predicted octanol–water partition coefficient (Wildman–Crippen LogP) is 0.795. The van der Waals surface area contributed by atoms with Crippen molar-refractivity contribution >= 4 is 11.7 Å². The lowest BCUT2D eigenvalue weighted by Gasteiger charge is -2.46. The molecule has 130 valence electrons. The minimum absolute atomic E-state index is 0.208. The van der Waals surface area contributed by atoms with Gasteiger partial charge in [0.15, 0.2) is 0 Å². The third-order valence-electron chi connectivity index (χ3n) is 5.30. The van der Waals surface area contributed by atoms with E-state index in [1.807, 2.05) is 24.1 Å². The van der Waals surface area contributed by atoms with Gasteiger partial charge in [-0.05, 0) is 24.1 Å². The quantitative estimate of drug-likeness (QED) is 0.825. The first-order valence-electron chi connectivity index (χ1n) is 8.59. The van der Waals surface area contributed by atoms with E-state index in [1.165, 1.54) is 5.56 Å². The van der Waals surface area contributed by atoms with E-state index in [1.54, 1.807) is 31.0 Å². The summed E-state index contributed by atoms with van der Waals surface area (Å²) in [6.45, 7) is 3.86. The number of carbonyl (C=O) groups is 1. The molecule has 4 rings (SSSR count). The van der Waals surface area contributed by atoms with Crippen LogP contribution in [0.2, 0.25) is 0 Å². The Kier molecular flexibility index (Phi) is 4.09. The van der Waals surface area contributed by atoms with Crippen molar-refractivity contribution in [3.05, 3.63) is 48.7 Å². The monoisotopic (exact) mass is 338 g/mol. The Labute approximate surface area is 147 Å². The zero-order chi connectivity index (χ0) is 17.3. The molecule has 7 heteroatoms. The first kappa shape index (κ1) is 16.0. The number of anilines is 1. The number of pyridine rings is 1. The van der Waals surface area contributed by atoms with Gasteiger partial charge in [0.2, 0.25) is 5.91 Å². The number of likely N-dealkylation sites (N-methyl/N-ethyl adjacent to an activating group) is 1. The number of carbonyl (C=O) groups excluding carboxylic acids is 1. The van der Waals surface area contributed by atoms with Crippen LogP contribution in [-0.4, -0.2) is 69.4 Å². The van der Waals surface area contributed by atoms with E-state index in [2.05, 4.69) is 24.8 Å². The van der Waals surface area contributed by atoms with Crippen molar-refractivity contribution in [3.63, 3.8) is 0 Å². The van der Waals surface area contributed by atoms with Crippen molar-refractivity contribution in [1.82, 2.24) is 24.8 Å². The van der Waals surface area contributed by atoms with Crippen molar-refractivity contribution in [2.75, 3.05) is 38.1 Å². The van der Waals surface area contributed by atoms with Gasteiger partial charge in [0.25, 0.3) is 0 Å². The lowest BCUT2D eigenvalue weighted by atomic mass is 9.91. The molecule has 0 bridgehead atoms. The fourth-order valence-corrected chi connectivity index (χ4v) is 3.89. The predicted molar refractivity (Wildman–Crippen MR) is 93.9 cm³/mol. The second-order valence-electron chi connectivity index (χ2n) is 6.77. The van der Waals surface area contributed by atoms with E-state index in [9.17, 15) is 4.79 Å². The number of hydrogen-bond acceptors (Lipinski definition) is 6. The van der Waals surface area contributed by atoms with Crippen LogP contribution in [0.15, 0.2) is 43.1 Å². The fourth-order valence-electron chi connectivity index (χ4n) is 3.89. The lowest BCUT2D eigenvalue weighted by molar-refractivity contribution is -0.148. The molecule has 0 aromatic carbocycles. The highest BCUT2D eigenvalue weighted by Crippen LogP contribution is 2.35. The first-order chi connectivity index (χ1) is 12.2. The SMILES string of the molecule is CN1CCN(Cc2ccncc2)C2(CCN(c3cnccn3)C2)C1=O. The van der Waals surface area contributed by atoms with Crippen LogP contribution in [0.3, 0.4) is 0 Å². The van der Waals surface area contributed by atoms with E-state index < -0.39 is 5.54 Å². The second kappa shape index (κ2) is 6.40. The molecule has 7 nitrogen and oxygen atoms in total. The summed E-state index contributed by atoms with van der Waals surface area (Å²) in [6, 6.07) is 4.04. The molecule has 2 saturated heterocycles. The first-order valence-corrected chi connectivity index (χ1v) is 8.59. The van der Waals surface area contributed by atoms with Crippen LogP contribution in [0.5, 0.6) is 0 Å². The molecule has 2 aromatic heterocycles. The van der Waals surface area contributed by atoms with E-state index in [-0.39, 0.29) is 5.91 Å². The largest absolute Gasteiger partial charge is 0.353 e. The second-order valence-corrected chi connectivity index (χ2v) is 6.77. The van der Waals surface area contributed by atoms with Gasteiger partial charge in [0, 0.05) is 64.6 Å². The highest BCUT2D eigenvalue weighted by atomic mass is 16.2. The minimum atomic E-state index is -0.492. The maximum atomic E-state index is 13.1. The Morgan fingerprint density at radius 1 is 1.08 bits per heavy atom. The summed E-state index contributed by atoms with van der Waals surface area (Å²) in [4.78, 5) is 32.2. The van der Waals surface area contributed by atoms with Gasteiger partial charge in [-0.15, -0.1) is 0 Å². The molecule has 1 amide bonds. The molecule has 4 heterocycles. The smallest absolute Gasteiger partial charge is 0.244 e. The Balaban J connectivity index is 1.62. The fraction of sp³-hybridized carbons (Fsp3) is 0.444. The van der Waals surface area contributed by atoms with Gasteiger partial charge in [0.05, 0.1) is 6.20 Å². The molecular formula is C18H22N6O. The number of nitrogens with zero attached hydrogens (tertiary/aromatic N) is 6. The Morgan fingerprint density at radius 3 is 2.68 bits per heavy atom. The van der Waals surface area contributed by atoms with E-state index in [4.69, 9.17) is 0 Å². The summed E-state index contributed by atoms with van der Waals surface area (Å²) in [7, 11) is 1.90. The molecule has 0 N–H and O–H groups in total. The Bertz CT molecular complexity index is 740. The average Bonchev–Trinajstić information content (AvgIpc) is 3.11. The zero-order valence-electron chi connectivity index (χ0n) is 14.4. The summed E-state index contributed by atoms with van der Waals surface area (Å²) in [5, 5.41) is 0. The lowest BCUT2D eigenvalue weighted by Crippen LogP contribution is -2.65. The van der Waals surface area contributed by atoms with E-state index >= 15 is 0 Å². The molecule has 1 spiro atoms. The minimum Gasteiger partial charge on any atom is -0.353 e. The molecule has 25 heavy (non-hydrogen) atoms. The van der Waals surface area contributed by atoms with Gasteiger partial charge in [-0.25, -0.2) is 4.98 Å². The van der Waals surface area contributed by atoms with Gasteiger partial charge in [-0.1, -0.05) is 0 Å². The number of hydrogen-bond donors (Lipinski definition) is 0. The molecule has 1 atom stereocenters. The summed E-state index contributed by atoms with van der Waals surface area (Å²) in [5.41, 5.74) is 0.693. The zero-order valence-corrected chi connectivity index (χ0v) is 14.4. The average molecular weight is 338 g/mol. The topological polar surface area (TPSA) is 65.5 Å². The summed E-state index contributed by atoms with van der Waals surface area (Å²) in [6.07, 6.45) is 9.55. The number of rotatable bonds is 3. The molecule has 0 radical (unpaired) electrons. The van der Waals surface area contributed by atoms with Crippen LogP contribution in [0.25, 0.3) is 0 Å². The number of piperazine rings is 1. The van der Waals surface area contributed by atoms with Crippen molar-refractivity contribution in [2.45, 2.75) is 18.5 Å². The number of amides is 1. The standard InChI is InChI=1S/C18H22N6O/c1-22-10-11-24(13-15-2-5-19-6-3-15)18(17(22)25)4-9-23(14-18)16-12-20-7-8-21-16/h2-3,5-8,12H,4,9-11,13-14H2,1H3. The van der Waals surface area contributed by atoms with Crippen molar-refractivity contribution < 1.29 is 4.79 Å². The van der Waals surface area contributed by atoms with Crippen molar-refractivity contribution in [2.24, 2.45) is 0 Å². The number of aromatic nitrogens is 3. The normalized spacial score (nSPS) is 24.3. The molecule has 2 aliphatic heterocycles. The molecule has 2 fully saturated rings. The van der Waals surface area contributed by atoms with Gasteiger partial charge < -0.3 is 9.80 Å². The molecular weight excluding hydrogens is 316 g/mol. The van der Waals surface area contributed by atoms with Gasteiger partial charge in [0.1, 0.15) is 11.4 Å². The summed E-state index contributed by atoms with van der Waals surface area (Å²) < 4.78 is 0. The molecule has 2 aliphatic rings. The summed E-state index contributed by atoms with van der Waals surface area (Å²) >= 11 is 0. The van der Waals surface area contributed by atoms with Crippen LogP contribution < -0.4 is 4.90 Å².